The van der Waals surface area contributed by atoms with Gasteiger partial charge in [-0.3, -0.25) is 0 Å². The number of rotatable bonds is 6. The minimum absolute atomic E-state index is 0.543. The van der Waals surface area contributed by atoms with Gasteiger partial charge in [-0.2, -0.15) is 0 Å². The van der Waals surface area contributed by atoms with Gasteiger partial charge in [-0.05, 0) is 57.5 Å². The van der Waals surface area contributed by atoms with Crippen LogP contribution in [0.15, 0.2) is 42.0 Å². The van der Waals surface area contributed by atoms with Crippen LogP contribution in [-0.2, 0) is 15.6 Å². The lowest BCUT2D eigenvalue weighted by Crippen LogP contribution is -2.43. The van der Waals surface area contributed by atoms with Crippen molar-refractivity contribution in [2.45, 2.75) is 56.2 Å². The van der Waals surface area contributed by atoms with Gasteiger partial charge in [-0.1, -0.05) is 47.7 Å². The van der Waals surface area contributed by atoms with Gasteiger partial charge < -0.3 is 9.16 Å². The number of methoxy groups -OCH3 is 1. The number of benzene rings is 1. The number of aryl methyl sites for hydroxylation is 1. The molecule has 0 fully saturated rings. The Morgan fingerprint density at radius 3 is 2.50 bits per heavy atom. The first-order valence-electron chi connectivity index (χ1n) is 7.97. The highest BCUT2D eigenvalue weighted by atomic mass is 32.2. The molecule has 2 nitrogen and oxygen atoms in total. The second kappa shape index (κ2) is 7.34. The van der Waals surface area contributed by atoms with Gasteiger partial charge in [0, 0.05) is 12.4 Å². The van der Waals surface area contributed by atoms with Gasteiger partial charge in [0.15, 0.2) is 8.32 Å². The first kappa shape index (κ1) is 17.8. The van der Waals surface area contributed by atoms with Crippen molar-refractivity contribution in [2.24, 2.45) is 0 Å². The van der Waals surface area contributed by atoms with E-state index in [2.05, 4.69) is 63.0 Å². The highest BCUT2D eigenvalue weighted by Crippen LogP contribution is 2.44. The normalized spacial score (nSPS) is 25.9. The van der Waals surface area contributed by atoms with Crippen LogP contribution in [0.25, 0.3) is 0 Å². The van der Waals surface area contributed by atoms with Crippen LogP contribution in [0.1, 0.15) is 25.3 Å². The van der Waals surface area contributed by atoms with Gasteiger partial charge >= 0.3 is 0 Å². The molecule has 122 valence electrons. The Bertz CT molecular complexity index is 510. The summed E-state index contributed by atoms with van der Waals surface area (Å²) in [5.74, 6) is 0. The van der Waals surface area contributed by atoms with Crippen LogP contribution in [0.4, 0.5) is 0 Å². The van der Waals surface area contributed by atoms with E-state index in [0.29, 0.717) is 5.25 Å². The Kier molecular flexibility index (Phi) is 5.94. The van der Waals surface area contributed by atoms with E-state index < -0.39 is 13.4 Å². The molecule has 0 N–H and O–H groups in total. The van der Waals surface area contributed by atoms with E-state index >= 15 is 0 Å². The minimum atomic E-state index is -1.67. The third kappa shape index (κ3) is 5.27. The first-order chi connectivity index (χ1) is 10.3. The fraction of sp³-hybridized carbons (Fsp3) is 0.556. The van der Waals surface area contributed by atoms with Crippen LogP contribution < -0.4 is 0 Å². The Morgan fingerprint density at radius 2 is 1.91 bits per heavy atom. The SMILES string of the molecule is COC1(O[Si](C)(C)C)C=C(C)CC(CCc2ccccc2)S1. The predicted molar refractivity (Wildman–Crippen MR) is 98.7 cm³/mol. The first-order valence-corrected chi connectivity index (χ1v) is 12.3. The summed E-state index contributed by atoms with van der Waals surface area (Å²) in [6, 6.07) is 10.7. The highest BCUT2D eigenvalue weighted by molar-refractivity contribution is 8.01. The van der Waals surface area contributed by atoms with Gasteiger partial charge in [-0.25, -0.2) is 0 Å². The summed E-state index contributed by atoms with van der Waals surface area (Å²) in [7, 11) is 0.0860. The van der Waals surface area contributed by atoms with Crippen molar-refractivity contribution in [3.63, 3.8) is 0 Å². The van der Waals surface area contributed by atoms with Crippen LogP contribution in [0.3, 0.4) is 0 Å². The summed E-state index contributed by atoms with van der Waals surface area (Å²) in [6.07, 6.45) is 5.56. The lowest BCUT2D eigenvalue weighted by atomic mass is 10.0. The summed E-state index contributed by atoms with van der Waals surface area (Å²) in [6.45, 7) is 8.83. The maximum absolute atomic E-state index is 6.37. The molecule has 0 aliphatic carbocycles. The van der Waals surface area contributed by atoms with E-state index in [1.807, 2.05) is 11.8 Å². The van der Waals surface area contributed by atoms with Gasteiger partial charge in [0.25, 0.3) is 0 Å². The molecule has 2 unspecified atom stereocenters. The molecule has 2 rings (SSSR count). The second-order valence-electron chi connectivity index (χ2n) is 6.98. The molecular formula is C18H28O2SSi. The van der Waals surface area contributed by atoms with Gasteiger partial charge in [-0.15, -0.1) is 0 Å². The van der Waals surface area contributed by atoms with Gasteiger partial charge in [0.05, 0.1) is 0 Å². The van der Waals surface area contributed by atoms with Crippen molar-refractivity contribution < 1.29 is 9.16 Å². The third-order valence-corrected chi connectivity index (χ3v) is 6.13. The van der Waals surface area contributed by atoms with Crippen LogP contribution in [0.5, 0.6) is 0 Å². The van der Waals surface area contributed by atoms with Crippen molar-refractivity contribution in [1.82, 2.24) is 0 Å². The standard InChI is InChI=1S/C18H28O2SSi/c1-15-13-17(12-11-16-9-7-6-8-10-16)21-18(14-15,19-2)20-22(3,4)5/h6-10,14,17H,11-13H2,1-5H3. The summed E-state index contributed by atoms with van der Waals surface area (Å²) in [5, 5.41) is -0.0461. The minimum Gasteiger partial charge on any atom is -0.380 e. The molecule has 1 heterocycles. The van der Waals surface area contributed by atoms with E-state index in [1.165, 1.54) is 11.1 Å². The van der Waals surface area contributed by atoms with E-state index in [4.69, 9.17) is 9.16 Å². The second-order valence-corrected chi connectivity index (χ2v) is 12.9. The zero-order valence-corrected chi connectivity index (χ0v) is 16.2. The molecule has 0 spiro atoms. The number of thioether (sulfide) groups is 1. The summed E-state index contributed by atoms with van der Waals surface area (Å²) < 4.78 is 12.2. The number of allylic oxidation sites excluding steroid dienone is 1. The zero-order chi connectivity index (χ0) is 16.2. The summed E-state index contributed by atoms with van der Waals surface area (Å²) in [5.41, 5.74) is 2.78. The summed E-state index contributed by atoms with van der Waals surface area (Å²) >= 11 is 1.84. The van der Waals surface area contributed by atoms with Crippen LogP contribution in [-0.4, -0.2) is 25.8 Å². The molecule has 0 saturated heterocycles. The molecule has 0 bridgehead atoms. The fourth-order valence-corrected chi connectivity index (χ4v) is 6.14. The average Bonchev–Trinajstić information content (AvgIpc) is 2.44. The average molecular weight is 337 g/mol. The molecule has 1 aliphatic heterocycles. The van der Waals surface area contributed by atoms with Crippen molar-refractivity contribution in [3.05, 3.63) is 47.5 Å². The predicted octanol–water partition coefficient (Wildman–Crippen LogP) is 5.22. The van der Waals surface area contributed by atoms with Crippen molar-refractivity contribution in [2.75, 3.05) is 7.11 Å². The number of hydrogen-bond acceptors (Lipinski definition) is 3. The Balaban J connectivity index is 2.04. The van der Waals surface area contributed by atoms with E-state index in [0.717, 1.165) is 19.3 Å². The molecule has 0 amide bonds. The molecule has 1 aromatic carbocycles. The molecule has 22 heavy (non-hydrogen) atoms. The molecule has 0 aromatic heterocycles. The third-order valence-electron chi connectivity index (χ3n) is 3.63. The van der Waals surface area contributed by atoms with Gasteiger partial charge in [0.2, 0.25) is 5.12 Å². The Labute approximate surface area is 140 Å². The van der Waals surface area contributed by atoms with E-state index in [9.17, 15) is 0 Å². The zero-order valence-electron chi connectivity index (χ0n) is 14.4. The molecule has 1 aromatic rings. The number of ether oxygens (including phenoxy) is 1. The lowest BCUT2D eigenvalue weighted by Gasteiger charge is -2.40. The van der Waals surface area contributed by atoms with Gasteiger partial charge in [0.1, 0.15) is 0 Å². The van der Waals surface area contributed by atoms with Crippen molar-refractivity contribution in [3.8, 4) is 0 Å². The quantitative estimate of drug-likeness (QED) is 0.403. The van der Waals surface area contributed by atoms with E-state index in [1.54, 1.807) is 7.11 Å². The monoisotopic (exact) mass is 336 g/mol. The smallest absolute Gasteiger partial charge is 0.229 e. The van der Waals surface area contributed by atoms with Crippen LogP contribution >= 0.6 is 11.8 Å². The summed E-state index contributed by atoms with van der Waals surface area (Å²) in [4.78, 5) is 0. The molecular weight excluding hydrogens is 308 g/mol. The Hall–Kier alpha value is -0.553. The van der Waals surface area contributed by atoms with Crippen LogP contribution in [0, 0.1) is 0 Å². The lowest BCUT2D eigenvalue weighted by molar-refractivity contribution is -0.0557. The Morgan fingerprint density at radius 1 is 1.23 bits per heavy atom. The maximum Gasteiger partial charge on any atom is 0.229 e. The van der Waals surface area contributed by atoms with Crippen molar-refractivity contribution >= 4 is 20.1 Å². The maximum atomic E-state index is 6.37. The molecule has 1 aliphatic rings. The van der Waals surface area contributed by atoms with Crippen molar-refractivity contribution in [1.29, 1.82) is 0 Å². The molecule has 0 radical (unpaired) electrons. The fourth-order valence-electron chi connectivity index (χ4n) is 2.79. The topological polar surface area (TPSA) is 18.5 Å². The molecule has 0 saturated carbocycles. The molecule has 2 atom stereocenters. The largest absolute Gasteiger partial charge is 0.380 e. The molecule has 4 heteroatoms. The van der Waals surface area contributed by atoms with Crippen LogP contribution in [0.2, 0.25) is 19.6 Å². The number of hydrogen-bond donors (Lipinski definition) is 0. The highest BCUT2D eigenvalue weighted by Gasteiger charge is 2.40. The van der Waals surface area contributed by atoms with E-state index in [-0.39, 0.29) is 0 Å².